The van der Waals surface area contributed by atoms with Crippen molar-refractivity contribution in [2.45, 2.75) is 13.8 Å². The van der Waals surface area contributed by atoms with Gasteiger partial charge in [-0.3, -0.25) is 0 Å². The van der Waals surface area contributed by atoms with Crippen LogP contribution in [-0.2, 0) is 0 Å². The van der Waals surface area contributed by atoms with Crippen LogP contribution in [0.1, 0.15) is 19.4 Å². The third kappa shape index (κ3) is 1.41. The average molecular weight is 134 g/mol. The first-order valence-corrected chi connectivity index (χ1v) is 3.24. The second-order valence-electron chi connectivity index (χ2n) is 2.10. The molecule has 0 bridgehead atoms. The molecule has 1 heterocycles. The van der Waals surface area contributed by atoms with Crippen LogP contribution in [0.3, 0.4) is 0 Å². The summed E-state index contributed by atoms with van der Waals surface area (Å²) in [5.74, 6) is 0. The standard InChI is InChI=1S/C8H10N2/c1-3-7(2)8-4-5-9-10-6-8/h3-6H,1-2H3/b7-3+. The molecule has 0 fully saturated rings. The highest BCUT2D eigenvalue weighted by molar-refractivity contribution is 5.61. The number of hydrogen-bond donors (Lipinski definition) is 0. The molecule has 2 heteroatoms. The van der Waals surface area contributed by atoms with E-state index in [1.807, 2.05) is 13.0 Å². The van der Waals surface area contributed by atoms with Crippen molar-refractivity contribution in [2.24, 2.45) is 0 Å². The molecule has 0 aliphatic carbocycles. The van der Waals surface area contributed by atoms with Crippen LogP contribution in [0.2, 0.25) is 0 Å². The molecule has 0 unspecified atom stereocenters. The maximum Gasteiger partial charge on any atom is 0.0571 e. The average Bonchev–Trinajstić information content (AvgIpc) is 2.05. The molecule has 0 spiro atoms. The van der Waals surface area contributed by atoms with Gasteiger partial charge < -0.3 is 0 Å². The first-order chi connectivity index (χ1) is 4.84. The van der Waals surface area contributed by atoms with Crippen molar-refractivity contribution >= 4 is 5.57 Å². The Balaban J connectivity index is 2.96. The molecule has 0 N–H and O–H groups in total. The Morgan fingerprint density at radius 2 is 2.30 bits per heavy atom. The van der Waals surface area contributed by atoms with Gasteiger partial charge in [-0.2, -0.15) is 10.2 Å². The Kier molecular flexibility index (Phi) is 2.15. The van der Waals surface area contributed by atoms with E-state index in [9.17, 15) is 0 Å². The second kappa shape index (κ2) is 3.11. The van der Waals surface area contributed by atoms with Crippen LogP contribution in [0.5, 0.6) is 0 Å². The summed E-state index contributed by atoms with van der Waals surface area (Å²) >= 11 is 0. The third-order valence-corrected chi connectivity index (χ3v) is 1.47. The number of nitrogens with zero attached hydrogens (tertiary/aromatic N) is 2. The minimum absolute atomic E-state index is 1.14. The van der Waals surface area contributed by atoms with E-state index in [0.717, 1.165) is 5.56 Å². The number of hydrogen-bond acceptors (Lipinski definition) is 2. The zero-order valence-electron chi connectivity index (χ0n) is 6.20. The third-order valence-electron chi connectivity index (χ3n) is 1.47. The Bertz CT molecular complexity index is 226. The maximum atomic E-state index is 3.76. The molecule has 0 saturated heterocycles. The summed E-state index contributed by atoms with van der Waals surface area (Å²) in [7, 11) is 0. The number of rotatable bonds is 1. The zero-order chi connectivity index (χ0) is 7.40. The zero-order valence-corrected chi connectivity index (χ0v) is 6.20. The molecular weight excluding hydrogens is 124 g/mol. The summed E-state index contributed by atoms with van der Waals surface area (Å²) in [6.07, 6.45) is 5.51. The molecule has 1 aromatic heterocycles. The Hall–Kier alpha value is -1.18. The highest BCUT2D eigenvalue weighted by Crippen LogP contribution is 2.09. The van der Waals surface area contributed by atoms with Crippen molar-refractivity contribution < 1.29 is 0 Å². The van der Waals surface area contributed by atoms with Crippen LogP contribution >= 0.6 is 0 Å². The normalized spacial score (nSPS) is 11.6. The summed E-state index contributed by atoms with van der Waals surface area (Å²) in [6.45, 7) is 4.06. The van der Waals surface area contributed by atoms with E-state index in [1.54, 1.807) is 12.4 Å². The van der Waals surface area contributed by atoms with Gasteiger partial charge in [0.2, 0.25) is 0 Å². The van der Waals surface area contributed by atoms with Crippen molar-refractivity contribution in [2.75, 3.05) is 0 Å². The molecule has 1 aromatic rings. The molecule has 0 atom stereocenters. The van der Waals surface area contributed by atoms with E-state index in [-0.39, 0.29) is 0 Å². The molecule has 2 nitrogen and oxygen atoms in total. The maximum absolute atomic E-state index is 3.76. The smallest absolute Gasteiger partial charge is 0.0571 e. The van der Waals surface area contributed by atoms with E-state index in [4.69, 9.17) is 0 Å². The van der Waals surface area contributed by atoms with Crippen LogP contribution in [0.15, 0.2) is 24.5 Å². The van der Waals surface area contributed by atoms with E-state index in [2.05, 4.69) is 23.2 Å². The van der Waals surface area contributed by atoms with Gasteiger partial charge >= 0.3 is 0 Å². The monoisotopic (exact) mass is 134 g/mol. The minimum atomic E-state index is 1.14. The minimum Gasteiger partial charge on any atom is -0.159 e. The Morgan fingerprint density at radius 3 is 2.80 bits per heavy atom. The first-order valence-electron chi connectivity index (χ1n) is 3.24. The summed E-state index contributed by atoms with van der Waals surface area (Å²) in [6, 6.07) is 1.95. The number of aromatic nitrogens is 2. The van der Waals surface area contributed by atoms with Gasteiger partial charge in [0, 0.05) is 0 Å². The fourth-order valence-corrected chi connectivity index (χ4v) is 0.691. The first kappa shape index (κ1) is 6.93. The lowest BCUT2D eigenvalue weighted by Gasteiger charge is -1.95. The highest BCUT2D eigenvalue weighted by atomic mass is 15.1. The molecule has 0 aliphatic heterocycles. The molecule has 0 radical (unpaired) electrons. The fraction of sp³-hybridized carbons (Fsp3) is 0.250. The van der Waals surface area contributed by atoms with Gasteiger partial charge in [0.15, 0.2) is 0 Å². The lowest BCUT2D eigenvalue weighted by molar-refractivity contribution is 1.02. The molecule has 1 rings (SSSR count). The van der Waals surface area contributed by atoms with Crippen LogP contribution in [0.25, 0.3) is 5.57 Å². The van der Waals surface area contributed by atoms with E-state index in [0.29, 0.717) is 0 Å². The summed E-state index contributed by atoms with van der Waals surface area (Å²) in [4.78, 5) is 0. The quantitative estimate of drug-likeness (QED) is 0.586. The molecule has 52 valence electrons. The van der Waals surface area contributed by atoms with Gasteiger partial charge in [-0.1, -0.05) is 6.08 Å². The topological polar surface area (TPSA) is 25.8 Å². The van der Waals surface area contributed by atoms with Gasteiger partial charge in [0.25, 0.3) is 0 Å². The molecule has 0 aliphatic rings. The summed E-state index contributed by atoms with van der Waals surface area (Å²) in [5.41, 5.74) is 2.37. The van der Waals surface area contributed by atoms with Crippen molar-refractivity contribution in [1.82, 2.24) is 10.2 Å². The van der Waals surface area contributed by atoms with Crippen LogP contribution in [-0.4, -0.2) is 10.2 Å². The van der Waals surface area contributed by atoms with Gasteiger partial charge in [-0.25, -0.2) is 0 Å². The van der Waals surface area contributed by atoms with E-state index >= 15 is 0 Å². The van der Waals surface area contributed by atoms with Crippen LogP contribution in [0, 0.1) is 0 Å². The predicted molar refractivity (Wildman–Crippen MR) is 41.4 cm³/mol. The van der Waals surface area contributed by atoms with Gasteiger partial charge in [-0.05, 0) is 31.1 Å². The second-order valence-corrected chi connectivity index (χ2v) is 2.10. The molecule has 10 heavy (non-hydrogen) atoms. The largest absolute Gasteiger partial charge is 0.159 e. The lowest BCUT2D eigenvalue weighted by Crippen LogP contribution is -1.82. The molecular formula is C8H10N2. The van der Waals surface area contributed by atoms with E-state index < -0.39 is 0 Å². The molecule has 0 amide bonds. The van der Waals surface area contributed by atoms with Crippen molar-refractivity contribution in [3.63, 3.8) is 0 Å². The van der Waals surface area contributed by atoms with Crippen LogP contribution in [0.4, 0.5) is 0 Å². The lowest BCUT2D eigenvalue weighted by atomic mass is 10.1. The van der Waals surface area contributed by atoms with Crippen molar-refractivity contribution in [3.05, 3.63) is 30.1 Å². The van der Waals surface area contributed by atoms with Gasteiger partial charge in [0.1, 0.15) is 0 Å². The van der Waals surface area contributed by atoms with Gasteiger partial charge in [-0.15, -0.1) is 0 Å². The fourth-order valence-electron chi connectivity index (χ4n) is 0.691. The Morgan fingerprint density at radius 1 is 1.50 bits per heavy atom. The van der Waals surface area contributed by atoms with Crippen LogP contribution < -0.4 is 0 Å². The van der Waals surface area contributed by atoms with Crippen molar-refractivity contribution in [1.29, 1.82) is 0 Å². The highest BCUT2D eigenvalue weighted by Gasteiger charge is 1.90. The Labute approximate surface area is 60.6 Å². The summed E-state index contributed by atoms with van der Waals surface area (Å²) < 4.78 is 0. The number of allylic oxidation sites excluding steroid dienone is 2. The molecule has 0 aromatic carbocycles. The van der Waals surface area contributed by atoms with Gasteiger partial charge in [0.05, 0.1) is 12.4 Å². The van der Waals surface area contributed by atoms with Crippen molar-refractivity contribution in [3.8, 4) is 0 Å². The summed E-state index contributed by atoms with van der Waals surface area (Å²) in [5, 5.41) is 7.45. The predicted octanol–water partition coefficient (Wildman–Crippen LogP) is 1.90. The van der Waals surface area contributed by atoms with E-state index in [1.165, 1.54) is 5.57 Å². The molecule has 0 saturated carbocycles. The SMILES string of the molecule is C/C=C(\C)c1ccnnc1.